The minimum atomic E-state index is -1.40. The zero-order valence-corrected chi connectivity index (χ0v) is 19.3. The van der Waals surface area contributed by atoms with E-state index in [4.69, 9.17) is 9.47 Å². The third kappa shape index (κ3) is 5.12. The highest BCUT2D eigenvalue weighted by Gasteiger charge is 2.40. The van der Waals surface area contributed by atoms with Gasteiger partial charge in [0.25, 0.3) is 0 Å². The van der Waals surface area contributed by atoms with Crippen molar-refractivity contribution in [2.75, 3.05) is 13.2 Å². The Morgan fingerprint density at radius 3 is 2.21 bits per heavy atom. The Labute approximate surface area is 193 Å². The smallest absolute Gasteiger partial charge is 0.166 e. The summed E-state index contributed by atoms with van der Waals surface area (Å²) in [4.78, 5) is 0. The zero-order valence-electron chi connectivity index (χ0n) is 19.3. The summed E-state index contributed by atoms with van der Waals surface area (Å²) in [5.74, 6) is -2.00. The predicted molar refractivity (Wildman–Crippen MR) is 120 cm³/mol. The van der Waals surface area contributed by atoms with Crippen molar-refractivity contribution in [3.05, 3.63) is 58.9 Å². The summed E-state index contributed by atoms with van der Waals surface area (Å²) >= 11 is 0. The Kier molecular flexibility index (Phi) is 7.44. The number of benzene rings is 2. The highest BCUT2D eigenvalue weighted by molar-refractivity contribution is 5.65. The Balaban J connectivity index is 1.39. The van der Waals surface area contributed by atoms with Crippen LogP contribution in [0, 0.1) is 23.4 Å². The molecule has 0 aromatic heterocycles. The van der Waals surface area contributed by atoms with E-state index < -0.39 is 29.4 Å². The molecule has 1 heterocycles. The van der Waals surface area contributed by atoms with Crippen molar-refractivity contribution < 1.29 is 27.0 Å². The molecule has 0 spiro atoms. The summed E-state index contributed by atoms with van der Waals surface area (Å²) in [6.07, 6.45) is 4.33. The quantitative estimate of drug-likeness (QED) is 0.413. The monoisotopic (exact) mass is 464 g/mol. The van der Waals surface area contributed by atoms with Gasteiger partial charge in [0.15, 0.2) is 23.6 Å². The van der Waals surface area contributed by atoms with Crippen LogP contribution in [0.2, 0.25) is 0 Å². The van der Waals surface area contributed by atoms with Crippen molar-refractivity contribution in [1.29, 1.82) is 0 Å². The lowest BCUT2D eigenvalue weighted by Crippen LogP contribution is -2.46. The van der Waals surface area contributed by atoms with Crippen molar-refractivity contribution >= 4 is 0 Å². The van der Waals surface area contributed by atoms with Crippen LogP contribution in [0.1, 0.15) is 69.4 Å². The molecule has 0 unspecified atom stereocenters. The van der Waals surface area contributed by atoms with Crippen molar-refractivity contribution in [2.45, 2.75) is 76.7 Å². The van der Waals surface area contributed by atoms with Gasteiger partial charge in [-0.15, -0.1) is 0 Å². The van der Waals surface area contributed by atoms with Gasteiger partial charge in [-0.1, -0.05) is 44.5 Å². The fraction of sp³-hybridized carbons (Fsp3) is 0.556. The second-order valence-electron chi connectivity index (χ2n) is 9.49. The summed E-state index contributed by atoms with van der Waals surface area (Å²) in [5.41, 5.74) is -0.0997. The van der Waals surface area contributed by atoms with E-state index in [9.17, 15) is 13.2 Å². The first kappa shape index (κ1) is 24.2. The van der Waals surface area contributed by atoms with E-state index in [1.165, 1.54) is 12.1 Å². The first-order chi connectivity index (χ1) is 15.8. The average molecular weight is 465 g/mol. The van der Waals surface area contributed by atoms with E-state index in [2.05, 4.69) is 0 Å². The Bertz CT molecular complexity index is 961. The van der Waals surface area contributed by atoms with Crippen LogP contribution in [0.3, 0.4) is 0 Å². The summed E-state index contributed by atoms with van der Waals surface area (Å²) in [5, 5.41) is 0. The van der Waals surface area contributed by atoms with Crippen LogP contribution in [0.15, 0.2) is 30.3 Å². The lowest BCUT2D eigenvalue weighted by Gasteiger charge is -2.40. The highest BCUT2D eigenvalue weighted by atomic mass is 19.2. The molecule has 0 N–H and O–H groups in total. The summed E-state index contributed by atoms with van der Waals surface area (Å²) in [6.45, 7) is 3.83. The average Bonchev–Trinajstić information content (AvgIpc) is 2.81. The van der Waals surface area contributed by atoms with Gasteiger partial charge in [0, 0.05) is 11.5 Å². The minimum Gasteiger partial charge on any atom is -0.349 e. The Morgan fingerprint density at radius 2 is 1.61 bits per heavy atom. The van der Waals surface area contributed by atoms with Crippen LogP contribution in [-0.4, -0.2) is 25.2 Å². The van der Waals surface area contributed by atoms with Gasteiger partial charge in [-0.05, 0) is 67.2 Å². The molecule has 33 heavy (non-hydrogen) atoms. The molecule has 4 rings (SSSR count). The molecule has 2 fully saturated rings. The molecule has 0 radical (unpaired) electrons. The SMILES string of the molecule is CCCC1(F)COC(C2CCC(c3ccc(-c4ccc(CC)c(F)c4F)cc3F)CC2)OC1. The molecule has 1 saturated heterocycles. The molecule has 6 heteroatoms. The lowest BCUT2D eigenvalue weighted by molar-refractivity contribution is -0.257. The molecule has 0 amide bonds. The van der Waals surface area contributed by atoms with Gasteiger partial charge in [0.2, 0.25) is 0 Å². The molecule has 2 nitrogen and oxygen atoms in total. The summed E-state index contributed by atoms with van der Waals surface area (Å²) in [7, 11) is 0. The number of rotatable bonds is 6. The van der Waals surface area contributed by atoms with Gasteiger partial charge >= 0.3 is 0 Å². The highest BCUT2D eigenvalue weighted by Crippen LogP contribution is 2.41. The molecule has 2 aromatic carbocycles. The minimum absolute atomic E-state index is 0.0447. The Hall–Kier alpha value is -1.92. The van der Waals surface area contributed by atoms with Gasteiger partial charge in [0.05, 0.1) is 13.2 Å². The number of alkyl halides is 1. The number of ether oxygens (including phenoxy) is 2. The molecule has 0 atom stereocenters. The molecule has 2 aliphatic rings. The van der Waals surface area contributed by atoms with E-state index in [1.54, 1.807) is 25.1 Å². The van der Waals surface area contributed by atoms with Gasteiger partial charge in [-0.3, -0.25) is 0 Å². The van der Waals surface area contributed by atoms with E-state index in [1.807, 2.05) is 6.92 Å². The van der Waals surface area contributed by atoms with Crippen LogP contribution in [0.5, 0.6) is 0 Å². The summed E-state index contributed by atoms with van der Waals surface area (Å²) < 4.78 is 69.6. The van der Waals surface area contributed by atoms with E-state index in [0.717, 1.165) is 32.1 Å². The van der Waals surface area contributed by atoms with E-state index in [-0.39, 0.29) is 30.6 Å². The molecule has 180 valence electrons. The topological polar surface area (TPSA) is 18.5 Å². The molecule has 1 aliphatic carbocycles. The van der Waals surface area contributed by atoms with Crippen molar-refractivity contribution in [3.63, 3.8) is 0 Å². The molecular formula is C27H32F4O2. The second kappa shape index (κ2) is 10.1. The normalized spacial score (nSPS) is 28.1. The number of hydrogen-bond acceptors (Lipinski definition) is 2. The van der Waals surface area contributed by atoms with Gasteiger partial charge in [0.1, 0.15) is 5.82 Å². The van der Waals surface area contributed by atoms with Gasteiger partial charge in [-0.2, -0.15) is 0 Å². The van der Waals surface area contributed by atoms with Crippen LogP contribution in [0.25, 0.3) is 11.1 Å². The third-order valence-electron chi connectivity index (χ3n) is 7.16. The fourth-order valence-corrected chi connectivity index (χ4v) is 5.23. The maximum Gasteiger partial charge on any atom is 0.166 e. The molecule has 0 bridgehead atoms. The Morgan fingerprint density at radius 1 is 0.909 bits per heavy atom. The zero-order chi connectivity index (χ0) is 23.6. The van der Waals surface area contributed by atoms with Crippen LogP contribution >= 0.6 is 0 Å². The first-order valence-corrected chi connectivity index (χ1v) is 12.0. The fourth-order valence-electron chi connectivity index (χ4n) is 5.23. The standard InChI is InChI=1S/C27H32F4O2/c1-3-13-27(31)15-32-26(33-16-27)19-7-5-18(6-8-19)21-11-10-20(14-23(21)28)22-12-9-17(4-2)24(29)25(22)30/h9-12,14,18-19,26H,3-8,13,15-16H2,1-2H3. The maximum absolute atomic E-state index is 15.0. The van der Waals surface area contributed by atoms with Crippen molar-refractivity contribution in [3.8, 4) is 11.1 Å². The second-order valence-corrected chi connectivity index (χ2v) is 9.49. The van der Waals surface area contributed by atoms with Crippen LogP contribution in [0.4, 0.5) is 17.6 Å². The van der Waals surface area contributed by atoms with E-state index >= 15 is 4.39 Å². The van der Waals surface area contributed by atoms with E-state index in [0.29, 0.717) is 29.5 Å². The van der Waals surface area contributed by atoms with Crippen molar-refractivity contribution in [2.24, 2.45) is 5.92 Å². The van der Waals surface area contributed by atoms with Gasteiger partial charge in [-0.25, -0.2) is 17.6 Å². The summed E-state index contributed by atoms with van der Waals surface area (Å²) in [6, 6.07) is 7.71. The lowest BCUT2D eigenvalue weighted by atomic mass is 9.78. The number of halogens is 4. The largest absolute Gasteiger partial charge is 0.349 e. The van der Waals surface area contributed by atoms with Crippen LogP contribution in [-0.2, 0) is 15.9 Å². The number of hydrogen-bond donors (Lipinski definition) is 0. The third-order valence-corrected chi connectivity index (χ3v) is 7.16. The molecule has 1 aliphatic heterocycles. The van der Waals surface area contributed by atoms with Gasteiger partial charge < -0.3 is 9.47 Å². The molecule has 2 aromatic rings. The molecule has 1 saturated carbocycles. The first-order valence-electron chi connectivity index (χ1n) is 12.0. The number of aryl methyl sites for hydroxylation is 1. The predicted octanol–water partition coefficient (Wildman–Crippen LogP) is 7.49. The van der Waals surface area contributed by atoms with Crippen LogP contribution < -0.4 is 0 Å². The molecular weight excluding hydrogens is 432 g/mol. The van der Waals surface area contributed by atoms with Crippen molar-refractivity contribution in [1.82, 2.24) is 0 Å². The maximum atomic E-state index is 15.0.